The predicted molar refractivity (Wildman–Crippen MR) is 79.3 cm³/mol. The Morgan fingerprint density at radius 3 is 2.95 bits per heavy atom. The van der Waals surface area contributed by atoms with Gasteiger partial charge in [-0.05, 0) is 18.2 Å². The summed E-state index contributed by atoms with van der Waals surface area (Å²) in [4.78, 5) is 10.9. The van der Waals surface area contributed by atoms with Crippen molar-refractivity contribution >= 4 is 16.9 Å². The van der Waals surface area contributed by atoms with E-state index in [2.05, 4.69) is 17.8 Å². The van der Waals surface area contributed by atoms with E-state index in [1.165, 1.54) is 6.07 Å². The van der Waals surface area contributed by atoms with Gasteiger partial charge in [0.05, 0.1) is 5.56 Å². The van der Waals surface area contributed by atoms with Crippen LogP contribution < -0.4 is 0 Å². The van der Waals surface area contributed by atoms with Gasteiger partial charge in [-0.2, -0.15) is 5.26 Å². The third kappa shape index (κ3) is 2.15. The Bertz CT molecular complexity index is 928. The van der Waals surface area contributed by atoms with Gasteiger partial charge in [0.25, 0.3) is 0 Å². The van der Waals surface area contributed by atoms with E-state index < -0.39 is 5.97 Å². The minimum atomic E-state index is -1.15. The molecule has 6 heteroatoms. The van der Waals surface area contributed by atoms with Crippen LogP contribution in [0.25, 0.3) is 22.2 Å². The Kier molecular flexibility index (Phi) is 3.24. The molecule has 2 heterocycles. The Labute approximate surface area is 125 Å². The fourth-order valence-corrected chi connectivity index (χ4v) is 2.34. The molecule has 2 aromatic heterocycles. The van der Waals surface area contributed by atoms with Crippen molar-refractivity contribution in [2.45, 2.75) is 6.54 Å². The number of carboxylic acid groups (broad SMARTS) is 1. The molecule has 0 unspecified atom stereocenters. The number of carboxylic acids is 1. The molecule has 1 aromatic carbocycles. The second-order valence-corrected chi connectivity index (χ2v) is 4.71. The molecule has 0 spiro atoms. The quantitative estimate of drug-likeness (QED) is 0.746. The lowest BCUT2D eigenvalue weighted by atomic mass is 10.1. The molecule has 1 N–H and O–H groups in total. The van der Waals surface area contributed by atoms with Crippen LogP contribution in [0.2, 0.25) is 0 Å². The van der Waals surface area contributed by atoms with Crippen LogP contribution in [0.5, 0.6) is 0 Å². The number of carbonyl (C=O) groups is 1. The molecule has 0 aliphatic rings. The third-order valence-corrected chi connectivity index (χ3v) is 3.34. The number of allylic oxidation sites excluding steroid dienone is 1. The smallest absolute Gasteiger partial charge is 0.358 e. The zero-order chi connectivity index (χ0) is 15.7. The lowest BCUT2D eigenvalue weighted by Gasteiger charge is -2.01. The molecule has 0 fully saturated rings. The van der Waals surface area contributed by atoms with Crippen molar-refractivity contribution in [2.75, 3.05) is 0 Å². The van der Waals surface area contributed by atoms with E-state index in [0.29, 0.717) is 23.4 Å². The minimum Gasteiger partial charge on any atom is -0.476 e. The molecule has 0 atom stereocenters. The molecule has 3 aromatic rings. The Balaban J connectivity index is 2.14. The molecule has 6 nitrogen and oxygen atoms in total. The summed E-state index contributed by atoms with van der Waals surface area (Å²) >= 11 is 0. The number of nitriles is 1. The first-order chi connectivity index (χ1) is 10.6. The summed E-state index contributed by atoms with van der Waals surface area (Å²) in [6, 6.07) is 8.96. The van der Waals surface area contributed by atoms with Gasteiger partial charge in [-0.15, -0.1) is 6.58 Å². The van der Waals surface area contributed by atoms with Crippen molar-refractivity contribution in [2.24, 2.45) is 0 Å². The van der Waals surface area contributed by atoms with Crippen molar-refractivity contribution < 1.29 is 14.4 Å². The van der Waals surface area contributed by atoms with E-state index in [1.54, 1.807) is 24.4 Å². The second-order valence-electron chi connectivity index (χ2n) is 4.71. The molecule has 0 amide bonds. The highest BCUT2D eigenvalue weighted by Gasteiger charge is 2.14. The van der Waals surface area contributed by atoms with E-state index in [4.69, 9.17) is 9.63 Å². The monoisotopic (exact) mass is 293 g/mol. The number of benzene rings is 1. The molecule has 0 aliphatic carbocycles. The SMILES string of the molecule is C=CCn1cc(C#N)c2cc(-c3cc(C(=O)O)no3)ccc21. The molecular formula is C16H11N3O3. The summed E-state index contributed by atoms with van der Waals surface area (Å²) in [5.41, 5.74) is 1.95. The molecule has 0 radical (unpaired) electrons. The largest absolute Gasteiger partial charge is 0.476 e. The van der Waals surface area contributed by atoms with Gasteiger partial charge in [-0.3, -0.25) is 0 Å². The summed E-state index contributed by atoms with van der Waals surface area (Å²) < 4.78 is 6.98. The highest BCUT2D eigenvalue weighted by molar-refractivity contribution is 5.91. The maximum atomic E-state index is 10.9. The Morgan fingerprint density at radius 2 is 2.32 bits per heavy atom. The Hall–Kier alpha value is -3.33. The normalized spacial score (nSPS) is 10.5. The fraction of sp³-hybridized carbons (Fsp3) is 0.0625. The zero-order valence-electron chi connectivity index (χ0n) is 11.5. The average molecular weight is 293 g/mol. The molecule has 0 aliphatic heterocycles. The van der Waals surface area contributed by atoms with Crippen LogP contribution in [0.3, 0.4) is 0 Å². The number of rotatable bonds is 4. The highest BCUT2D eigenvalue weighted by atomic mass is 16.5. The van der Waals surface area contributed by atoms with E-state index in [9.17, 15) is 10.1 Å². The topological polar surface area (TPSA) is 92.0 Å². The molecular weight excluding hydrogens is 282 g/mol. The van der Waals surface area contributed by atoms with Crippen molar-refractivity contribution in [3.8, 4) is 17.4 Å². The molecule has 108 valence electrons. The van der Waals surface area contributed by atoms with Crippen molar-refractivity contribution in [3.05, 3.63) is 54.4 Å². The zero-order valence-corrected chi connectivity index (χ0v) is 11.5. The van der Waals surface area contributed by atoms with E-state index in [1.807, 2.05) is 10.6 Å². The second kappa shape index (κ2) is 5.22. The van der Waals surface area contributed by atoms with Crippen molar-refractivity contribution in [3.63, 3.8) is 0 Å². The predicted octanol–water partition coefficient (Wildman–Crippen LogP) is 3.05. The number of hydrogen-bond acceptors (Lipinski definition) is 4. The number of hydrogen-bond donors (Lipinski definition) is 1. The molecule has 0 saturated heterocycles. The number of nitrogens with zero attached hydrogens (tertiary/aromatic N) is 3. The summed E-state index contributed by atoms with van der Waals surface area (Å²) in [5, 5.41) is 22.4. The van der Waals surface area contributed by atoms with E-state index in [0.717, 1.165) is 10.9 Å². The molecule has 0 saturated carbocycles. The summed E-state index contributed by atoms with van der Waals surface area (Å²) in [7, 11) is 0. The van der Waals surface area contributed by atoms with Crippen LogP contribution in [0, 0.1) is 11.3 Å². The van der Waals surface area contributed by atoms with Gasteiger partial charge >= 0.3 is 5.97 Å². The van der Waals surface area contributed by atoms with Gasteiger partial charge in [-0.25, -0.2) is 4.79 Å². The maximum absolute atomic E-state index is 10.9. The number of aromatic carboxylic acids is 1. The molecule has 3 rings (SSSR count). The third-order valence-electron chi connectivity index (χ3n) is 3.34. The van der Waals surface area contributed by atoms with Gasteiger partial charge in [0.1, 0.15) is 6.07 Å². The summed E-state index contributed by atoms with van der Waals surface area (Å²) in [6.07, 6.45) is 3.52. The van der Waals surface area contributed by atoms with Crippen LogP contribution in [0.1, 0.15) is 16.1 Å². The maximum Gasteiger partial charge on any atom is 0.358 e. The van der Waals surface area contributed by atoms with Crippen LogP contribution in [-0.4, -0.2) is 20.8 Å². The number of fused-ring (bicyclic) bond motifs is 1. The standard InChI is InChI=1S/C16H11N3O3/c1-2-5-19-9-11(8-17)12-6-10(3-4-14(12)19)15-7-13(16(20)21)18-22-15/h2-4,6-7,9H,1,5H2,(H,20,21). The molecule has 0 bridgehead atoms. The highest BCUT2D eigenvalue weighted by Crippen LogP contribution is 2.28. The first-order valence-corrected chi connectivity index (χ1v) is 6.48. The number of aromatic nitrogens is 2. The average Bonchev–Trinajstić information content (AvgIpc) is 3.12. The van der Waals surface area contributed by atoms with E-state index in [-0.39, 0.29) is 5.69 Å². The Morgan fingerprint density at radius 1 is 1.50 bits per heavy atom. The van der Waals surface area contributed by atoms with Gasteiger partial charge in [0.2, 0.25) is 0 Å². The van der Waals surface area contributed by atoms with Gasteiger partial charge in [0, 0.05) is 35.3 Å². The first-order valence-electron chi connectivity index (χ1n) is 6.48. The minimum absolute atomic E-state index is 0.153. The van der Waals surface area contributed by atoms with Crippen molar-refractivity contribution in [1.82, 2.24) is 9.72 Å². The van der Waals surface area contributed by atoms with Gasteiger partial charge < -0.3 is 14.2 Å². The first kappa shape index (κ1) is 13.6. The summed E-state index contributed by atoms with van der Waals surface area (Å²) in [5.74, 6) is -0.800. The van der Waals surface area contributed by atoms with Crippen LogP contribution >= 0.6 is 0 Å². The summed E-state index contributed by atoms with van der Waals surface area (Å²) in [6.45, 7) is 4.30. The lowest BCUT2D eigenvalue weighted by molar-refractivity contribution is 0.0686. The van der Waals surface area contributed by atoms with Gasteiger partial charge in [-0.1, -0.05) is 11.2 Å². The fourth-order valence-electron chi connectivity index (χ4n) is 2.34. The van der Waals surface area contributed by atoms with Crippen molar-refractivity contribution in [1.29, 1.82) is 5.26 Å². The van der Waals surface area contributed by atoms with Crippen LogP contribution in [-0.2, 0) is 6.54 Å². The van der Waals surface area contributed by atoms with Crippen LogP contribution in [0.15, 0.2) is 47.6 Å². The van der Waals surface area contributed by atoms with Gasteiger partial charge in [0.15, 0.2) is 11.5 Å². The van der Waals surface area contributed by atoms with E-state index >= 15 is 0 Å². The van der Waals surface area contributed by atoms with Crippen LogP contribution in [0.4, 0.5) is 0 Å². The lowest BCUT2D eigenvalue weighted by Crippen LogP contribution is -1.94. The molecule has 22 heavy (non-hydrogen) atoms.